The Morgan fingerprint density at radius 3 is 3.00 bits per heavy atom. The van der Waals surface area contributed by atoms with E-state index in [2.05, 4.69) is 5.32 Å². The first kappa shape index (κ1) is 6.47. The normalized spacial score (nSPS) is 33.4. The maximum Gasteiger partial charge on any atom is 0.111 e. The Labute approximate surface area is 51.8 Å². The molecule has 2 nitrogen and oxygen atoms in total. The summed E-state index contributed by atoms with van der Waals surface area (Å²) in [6, 6.07) is 0. The fourth-order valence-corrected chi connectivity index (χ4v) is 1.80. The Hall–Kier alpha value is 0.350. The van der Waals surface area contributed by atoms with Crippen LogP contribution in [0.3, 0.4) is 0 Å². The summed E-state index contributed by atoms with van der Waals surface area (Å²) >= 11 is 0. The first-order valence-corrected chi connectivity index (χ1v) is 4.34. The van der Waals surface area contributed by atoms with E-state index in [1.807, 2.05) is 7.05 Å². The molecule has 1 N–H and O–H groups in total. The zero-order chi connectivity index (χ0) is 5.82. The fourth-order valence-electron chi connectivity index (χ4n) is 0.751. The standard InChI is InChI=1S/C5H12NOP/c1-6-5-4-8-3-2-7-5/h5-6,8H,2-4H2,1H3. The van der Waals surface area contributed by atoms with Crippen molar-refractivity contribution < 1.29 is 4.74 Å². The molecule has 0 saturated carbocycles. The second-order valence-electron chi connectivity index (χ2n) is 1.85. The third kappa shape index (κ3) is 1.70. The molecule has 0 spiro atoms. The van der Waals surface area contributed by atoms with E-state index in [0.717, 1.165) is 15.2 Å². The van der Waals surface area contributed by atoms with Gasteiger partial charge in [-0.3, -0.25) is 5.32 Å². The van der Waals surface area contributed by atoms with Gasteiger partial charge in [-0.1, -0.05) is 0 Å². The molecular weight excluding hydrogens is 121 g/mol. The third-order valence-corrected chi connectivity index (χ3v) is 2.47. The van der Waals surface area contributed by atoms with Crippen molar-refractivity contribution >= 4 is 8.58 Å². The lowest BCUT2D eigenvalue weighted by Gasteiger charge is -2.21. The minimum absolute atomic E-state index is 0.349. The molecule has 3 heteroatoms. The van der Waals surface area contributed by atoms with E-state index in [-0.39, 0.29) is 0 Å². The van der Waals surface area contributed by atoms with Crippen LogP contribution >= 0.6 is 8.58 Å². The Bertz CT molecular complexity index is 63.4. The molecule has 1 aliphatic heterocycles. The van der Waals surface area contributed by atoms with Gasteiger partial charge in [0.1, 0.15) is 6.23 Å². The van der Waals surface area contributed by atoms with Gasteiger partial charge in [-0.05, 0) is 13.2 Å². The lowest BCUT2D eigenvalue weighted by molar-refractivity contribution is 0.0559. The molecule has 0 aromatic heterocycles. The van der Waals surface area contributed by atoms with Crippen LogP contribution in [0.4, 0.5) is 0 Å². The van der Waals surface area contributed by atoms with Crippen LogP contribution in [0.2, 0.25) is 0 Å². The van der Waals surface area contributed by atoms with Crippen molar-refractivity contribution in [2.75, 3.05) is 26.0 Å². The highest BCUT2D eigenvalue weighted by Gasteiger charge is 2.09. The van der Waals surface area contributed by atoms with Crippen molar-refractivity contribution in [2.45, 2.75) is 6.23 Å². The molecule has 48 valence electrons. The van der Waals surface area contributed by atoms with Crippen LogP contribution < -0.4 is 5.32 Å². The van der Waals surface area contributed by atoms with Gasteiger partial charge in [-0.15, -0.1) is 8.58 Å². The third-order valence-electron chi connectivity index (χ3n) is 1.25. The molecule has 2 atom stereocenters. The van der Waals surface area contributed by atoms with Crippen LogP contribution in [0.5, 0.6) is 0 Å². The summed E-state index contributed by atoms with van der Waals surface area (Å²) in [4.78, 5) is 0. The minimum Gasteiger partial charge on any atom is -0.363 e. The molecule has 0 aromatic carbocycles. The van der Waals surface area contributed by atoms with Crippen LogP contribution in [0.1, 0.15) is 0 Å². The summed E-state index contributed by atoms with van der Waals surface area (Å²) in [6.45, 7) is 0.948. The quantitative estimate of drug-likeness (QED) is 0.517. The Balaban J connectivity index is 2.13. The molecule has 1 aliphatic rings. The molecule has 1 rings (SSSR count). The predicted octanol–water partition coefficient (Wildman–Crippen LogP) is 0.241. The SMILES string of the molecule is CNC1CPCCO1. The molecule has 8 heavy (non-hydrogen) atoms. The monoisotopic (exact) mass is 133 g/mol. The van der Waals surface area contributed by atoms with Crippen molar-refractivity contribution in [3.63, 3.8) is 0 Å². The summed E-state index contributed by atoms with van der Waals surface area (Å²) in [5.74, 6) is 0. The molecule has 0 amide bonds. The van der Waals surface area contributed by atoms with Gasteiger partial charge in [-0.25, -0.2) is 0 Å². The predicted molar refractivity (Wildman–Crippen MR) is 36.8 cm³/mol. The highest BCUT2D eigenvalue weighted by Crippen LogP contribution is 2.16. The summed E-state index contributed by atoms with van der Waals surface area (Å²) in [5.41, 5.74) is 0. The van der Waals surface area contributed by atoms with Gasteiger partial charge < -0.3 is 4.74 Å². The summed E-state index contributed by atoms with van der Waals surface area (Å²) < 4.78 is 5.32. The Morgan fingerprint density at radius 2 is 2.62 bits per heavy atom. The summed E-state index contributed by atoms with van der Waals surface area (Å²) in [5, 5.41) is 3.09. The number of nitrogens with one attached hydrogen (secondary N) is 1. The van der Waals surface area contributed by atoms with Gasteiger partial charge in [0.25, 0.3) is 0 Å². The van der Waals surface area contributed by atoms with Gasteiger partial charge in [-0.2, -0.15) is 0 Å². The average molecular weight is 133 g/mol. The van der Waals surface area contributed by atoms with Crippen LogP contribution in [0.25, 0.3) is 0 Å². The molecular formula is C5H12NOP. The molecule has 0 aromatic rings. The molecule has 1 fully saturated rings. The fraction of sp³-hybridized carbons (Fsp3) is 1.00. The van der Waals surface area contributed by atoms with E-state index in [1.54, 1.807) is 0 Å². The molecule has 2 unspecified atom stereocenters. The van der Waals surface area contributed by atoms with Crippen molar-refractivity contribution in [2.24, 2.45) is 0 Å². The summed E-state index contributed by atoms with van der Waals surface area (Å²) in [7, 11) is 3.05. The van der Waals surface area contributed by atoms with Gasteiger partial charge in [0.15, 0.2) is 0 Å². The van der Waals surface area contributed by atoms with E-state index in [4.69, 9.17) is 4.74 Å². The minimum atomic E-state index is 0.349. The van der Waals surface area contributed by atoms with Crippen molar-refractivity contribution in [1.29, 1.82) is 0 Å². The number of ether oxygens (including phenoxy) is 1. The van der Waals surface area contributed by atoms with E-state index < -0.39 is 0 Å². The number of hydrogen-bond donors (Lipinski definition) is 1. The first-order valence-electron chi connectivity index (χ1n) is 2.93. The van der Waals surface area contributed by atoms with Gasteiger partial charge in [0, 0.05) is 6.16 Å². The van der Waals surface area contributed by atoms with Crippen molar-refractivity contribution in [1.82, 2.24) is 5.32 Å². The lowest BCUT2D eigenvalue weighted by Crippen LogP contribution is -2.33. The zero-order valence-electron chi connectivity index (χ0n) is 5.11. The maximum absolute atomic E-state index is 5.32. The van der Waals surface area contributed by atoms with E-state index in [0.29, 0.717) is 6.23 Å². The average Bonchev–Trinajstić information content (AvgIpc) is 1.90. The second-order valence-corrected chi connectivity index (χ2v) is 3.26. The highest BCUT2D eigenvalue weighted by atomic mass is 31.1. The summed E-state index contributed by atoms with van der Waals surface area (Å²) in [6.07, 6.45) is 2.82. The second kappa shape index (κ2) is 3.39. The number of rotatable bonds is 1. The van der Waals surface area contributed by atoms with Crippen LogP contribution in [0.15, 0.2) is 0 Å². The van der Waals surface area contributed by atoms with Crippen molar-refractivity contribution in [3.05, 3.63) is 0 Å². The van der Waals surface area contributed by atoms with Gasteiger partial charge in [0.2, 0.25) is 0 Å². The maximum atomic E-state index is 5.32. The Kier molecular flexibility index (Phi) is 2.74. The van der Waals surface area contributed by atoms with Crippen molar-refractivity contribution in [3.8, 4) is 0 Å². The Morgan fingerprint density at radius 1 is 1.75 bits per heavy atom. The van der Waals surface area contributed by atoms with E-state index in [1.165, 1.54) is 12.3 Å². The van der Waals surface area contributed by atoms with Gasteiger partial charge in [0.05, 0.1) is 6.61 Å². The molecule has 0 radical (unpaired) electrons. The molecule has 1 heterocycles. The molecule has 0 bridgehead atoms. The van der Waals surface area contributed by atoms with E-state index in [9.17, 15) is 0 Å². The largest absolute Gasteiger partial charge is 0.363 e. The van der Waals surface area contributed by atoms with Crippen LogP contribution in [0, 0.1) is 0 Å². The topological polar surface area (TPSA) is 21.3 Å². The lowest BCUT2D eigenvalue weighted by atomic mass is 10.6. The molecule has 1 saturated heterocycles. The van der Waals surface area contributed by atoms with Crippen LogP contribution in [-0.4, -0.2) is 32.2 Å². The first-order chi connectivity index (χ1) is 3.93. The van der Waals surface area contributed by atoms with Gasteiger partial charge >= 0.3 is 0 Å². The highest BCUT2D eigenvalue weighted by molar-refractivity contribution is 7.38. The van der Waals surface area contributed by atoms with Crippen LogP contribution in [-0.2, 0) is 4.74 Å². The number of hydrogen-bond acceptors (Lipinski definition) is 2. The smallest absolute Gasteiger partial charge is 0.111 e. The zero-order valence-corrected chi connectivity index (χ0v) is 6.11. The van der Waals surface area contributed by atoms with E-state index >= 15 is 0 Å². The molecule has 0 aliphatic carbocycles.